The number of nitrogens with one attached hydrogen (secondary N) is 1. The minimum absolute atomic E-state index is 0.0455. The van der Waals surface area contributed by atoms with Crippen molar-refractivity contribution >= 4 is 45.3 Å². The maximum absolute atomic E-state index is 13.2. The molecule has 1 unspecified atom stereocenters. The van der Waals surface area contributed by atoms with Crippen LogP contribution in [0.3, 0.4) is 0 Å². The summed E-state index contributed by atoms with van der Waals surface area (Å²) in [5.41, 5.74) is 6.69. The van der Waals surface area contributed by atoms with Crippen LogP contribution in [-0.2, 0) is 4.79 Å². The van der Waals surface area contributed by atoms with Crippen LogP contribution in [0.2, 0.25) is 0 Å². The number of rotatable bonds is 5. The van der Waals surface area contributed by atoms with E-state index in [2.05, 4.69) is 15.3 Å². The van der Waals surface area contributed by atoms with Crippen molar-refractivity contribution in [3.05, 3.63) is 42.5 Å². The average molecular weight is 404 g/mol. The van der Waals surface area contributed by atoms with E-state index in [0.29, 0.717) is 5.03 Å². The molecule has 9 heteroatoms. The van der Waals surface area contributed by atoms with E-state index in [1.807, 2.05) is 19.9 Å². The molecule has 0 saturated heterocycles. The van der Waals surface area contributed by atoms with Crippen LogP contribution in [0.4, 0.5) is 9.18 Å². The summed E-state index contributed by atoms with van der Waals surface area (Å²) in [6.07, 6.45) is 1.44. The zero-order chi connectivity index (χ0) is 19.6. The van der Waals surface area contributed by atoms with Crippen molar-refractivity contribution in [1.29, 1.82) is 0 Å². The van der Waals surface area contributed by atoms with Crippen molar-refractivity contribution in [3.63, 3.8) is 0 Å². The molecule has 0 radical (unpaired) electrons. The van der Waals surface area contributed by atoms with Gasteiger partial charge in [0.05, 0.1) is 15.5 Å². The monoisotopic (exact) mass is 404 g/mol. The van der Waals surface area contributed by atoms with Crippen LogP contribution in [0.25, 0.3) is 20.7 Å². The maximum Gasteiger partial charge on any atom is 0.318 e. The van der Waals surface area contributed by atoms with E-state index in [1.54, 1.807) is 12.1 Å². The topological polar surface area (TPSA) is 98.0 Å². The third-order valence-corrected chi connectivity index (χ3v) is 6.61. The number of fused-ring (bicyclic) bond motifs is 1. The second kappa shape index (κ2) is 8.01. The van der Waals surface area contributed by atoms with Crippen molar-refractivity contribution in [2.45, 2.75) is 24.1 Å². The summed E-state index contributed by atoms with van der Waals surface area (Å²) in [7, 11) is 0. The quantitative estimate of drug-likeness (QED) is 0.498. The predicted molar refractivity (Wildman–Crippen MR) is 105 cm³/mol. The molecule has 0 aliphatic carbocycles. The number of nitrogens with zero attached hydrogens (tertiary/aromatic N) is 2. The highest BCUT2D eigenvalue weighted by atomic mass is 32.2. The van der Waals surface area contributed by atoms with E-state index in [-0.39, 0.29) is 11.7 Å². The van der Waals surface area contributed by atoms with Crippen molar-refractivity contribution in [3.8, 4) is 10.4 Å². The number of halogens is 1. The molecule has 0 saturated carbocycles. The fourth-order valence-corrected chi connectivity index (χ4v) is 4.75. The number of thioether (sulfide) groups is 1. The molecule has 6 nitrogen and oxygen atoms in total. The smallest absolute Gasteiger partial charge is 0.318 e. The zero-order valence-electron chi connectivity index (χ0n) is 14.6. The van der Waals surface area contributed by atoms with Gasteiger partial charge in [-0.3, -0.25) is 10.1 Å². The molecule has 0 aliphatic rings. The summed E-state index contributed by atoms with van der Waals surface area (Å²) >= 11 is 2.74. The van der Waals surface area contributed by atoms with Gasteiger partial charge in [-0.25, -0.2) is 19.2 Å². The SMILES string of the molecule is CC(C)C(Sc1ncnc2cc(-c3ccc(F)cc3)sc12)C(=O)NC(N)=O. The van der Waals surface area contributed by atoms with Gasteiger partial charge in [-0.15, -0.1) is 11.3 Å². The minimum Gasteiger partial charge on any atom is -0.351 e. The highest BCUT2D eigenvalue weighted by Crippen LogP contribution is 2.39. The zero-order valence-corrected chi connectivity index (χ0v) is 16.2. The second-order valence-electron chi connectivity index (χ2n) is 6.15. The van der Waals surface area contributed by atoms with Gasteiger partial charge in [-0.05, 0) is 29.7 Å². The first-order valence-corrected chi connectivity index (χ1v) is 9.82. The first-order valence-electron chi connectivity index (χ1n) is 8.12. The van der Waals surface area contributed by atoms with Gasteiger partial charge in [0, 0.05) is 4.88 Å². The molecule has 0 fully saturated rings. The van der Waals surface area contributed by atoms with Gasteiger partial charge in [0.15, 0.2) is 0 Å². The average Bonchev–Trinajstić information content (AvgIpc) is 3.04. The van der Waals surface area contributed by atoms with E-state index >= 15 is 0 Å². The molecule has 3 N–H and O–H groups in total. The van der Waals surface area contributed by atoms with Crippen molar-refractivity contribution in [2.75, 3.05) is 0 Å². The lowest BCUT2D eigenvalue weighted by atomic mass is 10.1. The van der Waals surface area contributed by atoms with Crippen molar-refractivity contribution in [2.24, 2.45) is 11.7 Å². The summed E-state index contributed by atoms with van der Waals surface area (Å²) in [5, 5.41) is 2.25. The van der Waals surface area contributed by atoms with E-state index in [4.69, 9.17) is 5.73 Å². The largest absolute Gasteiger partial charge is 0.351 e. The van der Waals surface area contributed by atoms with E-state index < -0.39 is 17.2 Å². The minimum atomic E-state index is -0.881. The van der Waals surface area contributed by atoms with Crippen LogP contribution >= 0.6 is 23.1 Å². The van der Waals surface area contributed by atoms with Crippen LogP contribution in [0.1, 0.15) is 13.8 Å². The lowest BCUT2D eigenvalue weighted by Crippen LogP contribution is -2.42. The Hall–Kier alpha value is -2.52. The normalized spacial score (nSPS) is 12.3. The van der Waals surface area contributed by atoms with Crippen LogP contribution in [0.15, 0.2) is 41.7 Å². The molecule has 0 aliphatic heterocycles. The van der Waals surface area contributed by atoms with Crippen LogP contribution in [0, 0.1) is 11.7 Å². The molecule has 27 heavy (non-hydrogen) atoms. The number of carbonyl (C=O) groups is 2. The Kier molecular flexibility index (Phi) is 5.71. The number of thiophene rings is 1. The highest BCUT2D eigenvalue weighted by Gasteiger charge is 2.26. The summed E-state index contributed by atoms with van der Waals surface area (Å²) < 4.78 is 14.0. The van der Waals surface area contributed by atoms with Crippen LogP contribution in [0.5, 0.6) is 0 Å². The Balaban J connectivity index is 1.95. The number of hydrogen-bond acceptors (Lipinski definition) is 6. The van der Waals surface area contributed by atoms with Gasteiger partial charge in [0.1, 0.15) is 17.2 Å². The number of primary amides is 1. The molecule has 2 heterocycles. The summed E-state index contributed by atoms with van der Waals surface area (Å²) in [4.78, 5) is 32.8. The number of amides is 3. The van der Waals surface area contributed by atoms with Gasteiger partial charge < -0.3 is 5.73 Å². The molecule has 3 rings (SSSR count). The fourth-order valence-electron chi connectivity index (χ4n) is 2.48. The first-order chi connectivity index (χ1) is 12.8. The van der Waals surface area contributed by atoms with Crippen LogP contribution < -0.4 is 11.1 Å². The standard InChI is InChI=1S/C18H17FN4O2S2/c1-9(2)14(16(24)23-18(20)25)27-17-15-12(21-8-22-17)7-13(26-15)10-3-5-11(19)6-4-10/h3-9,14H,1-2H3,(H3,20,23,24,25). The maximum atomic E-state index is 13.2. The Morgan fingerprint density at radius 2 is 1.93 bits per heavy atom. The molecule has 1 aromatic carbocycles. The second-order valence-corrected chi connectivity index (χ2v) is 8.33. The van der Waals surface area contributed by atoms with Crippen LogP contribution in [-0.4, -0.2) is 27.2 Å². The summed E-state index contributed by atoms with van der Waals surface area (Å²) in [6, 6.07) is 7.25. The third kappa shape index (κ3) is 4.42. The van der Waals surface area contributed by atoms with Gasteiger partial charge in [-0.2, -0.15) is 0 Å². The number of benzene rings is 1. The Morgan fingerprint density at radius 3 is 2.56 bits per heavy atom. The Bertz CT molecular complexity index is 989. The van der Waals surface area contributed by atoms with E-state index in [9.17, 15) is 14.0 Å². The number of urea groups is 1. The molecule has 140 valence electrons. The number of hydrogen-bond donors (Lipinski definition) is 2. The number of carbonyl (C=O) groups excluding carboxylic acids is 2. The lowest BCUT2D eigenvalue weighted by Gasteiger charge is -2.18. The number of nitrogens with two attached hydrogens (primary N) is 1. The number of aromatic nitrogens is 2. The molecule has 2 aromatic heterocycles. The fraction of sp³-hybridized carbons (Fsp3) is 0.222. The van der Waals surface area contributed by atoms with Gasteiger partial charge in [0.2, 0.25) is 5.91 Å². The highest BCUT2D eigenvalue weighted by molar-refractivity contribution is 8.00. The number of imide groups is 1. The third-order valence-electron chi connectivity index (χ3n) is 3.76. The Morgan fingerprint density at radius 1 is 1.22 bits per heavy atom. The predicted octanol–water partition coefficient (Wildman–Crippen LogP) is 3.81. The van der Waals surface area contributed by atoms with E-state index in [1.165, 1.54) is 41.6 Å². The molecule has 0 spiro atoms. The Labute approximate surface area is 163 Å². The van der Waals surface area contributed by atoms with E-state index in [0.717, 1.165) is 20.7 Å². The molecular formula is C18H17FN4O2S2. The van der Waals surface area contributed by atoms with Gasteiger partial charge in [0.25, 0.3) is 0 Å². The van der Waals surface area contributed by atoms with Crippen molar-refractivity contribution < 1.29 is 14.0 Å². The molecule has 3 amide bonds. The summed E-state index contributed by atoms with van der Waals surface area (Å²) in [5.74, 6) is -0.795. The lowest BCUT2D eigenvalue weighted by molar-refractivity contribution is -0.120. The molecule has 3 aromatic rings. The van der Waals surface area contributed by atoms with Gasteiger partial charge >= 0.3 is 6.03 Å². The van der Waals surface area contributed by atoms with Gasteiger partial charge in [-0.1, -0.05) is 37.7 Å². The summed E-state index contributed by atoms with van der Waals surface area (Å²) in [6.45, 7) is 3.77. The first kappa shape index (κ1) is 19.2. The molecular weight excluding hydrogens is 387 g/mol. The van der Waals surface area contributed by atoms with Crippen molar-refractivity contribution in [1.82, 2.24) is 15.3 Å². The molecule has 0 bridgehead atoms. The molecule has 1 atom stereocenters.